The number of primary amides is 1. The van der Waals surface area contributed by atoms with Gasteiger partial charge in [-0.25, -0.2) is 0 Å². The van der Waals surface area contributed by atoms with Crippen molar-refractivity contribution in [3.63, 3.8) is 0 Å². The van der Waals surface area contributed by atoms with E-state index in [4.69, 9.17) is 5.73 Å². The molecule has 4 nitrogen and oxygen atoms in total. The van der Waals surface area contributed by atoms with Crippen LogP contribution in [0.25, 0.3) is 6.08 Å². The van der Waals surface area contributed by atoms with Crippen LogP contribution in [0.15, 0.2) is 12.1 Å². The van der Waals surface area contributed by atoms with E-state index in [0.717, 1.165) is 5.69 Å². The molecule has 0 aliphatic heterocycles. The number of hydrogen-bond acceptors (Lipinski definition) is 2. The Morgan fingerprint density at radius 3 is 3.00 bits per heavy atom. The van der Waals surface area contributed by atoms with E-state index in [2.05, 4.69) is 10.2 Å². The molecule has 0 radical (unpaired) electrons. The molecule has 0 aliphatic carbocycles. The summed E-state index contributed by atoms with van der Waals surface area (Å²) in [5.74, 6) is -0.467. The van der Waals surface area contributed by atoms with E-state index in [9.17, 15) is 4.79 Å². The van der Waals surface area contributed by atoms with Crippen LogP contribution in [0, 0.1) is 6.92 Å². The van der Waals surface area contributed by atoms with Gasteiger partial charge in [0.05, 0.1) is 5.69 Å². The van der Waals surface area contributed by atoms with Crippen LogP contribution in [0.5, 0.6) is 0 Å². The van der Waals surface area contributed by atoms with Crippen molar-refractivity contribution in [2.24, 2.45) is 5.73 Å². The minimum Gasteiger partial charge on any atom is -0.366 e. The average molecular weight is 151 g/mol. The zero-order chi connectivity index (χ0) is 8.27. The lowest BCUT2D eigenvalue weighted by molar-refractivity contribution is -0.113. The van der Waals surface area contributed by atoms with E-state index >= 15 is 0 Å². The summed E-state index contributed by atoms with van der Waals surface area (Å²) in [5, 5.41) is 6.61. The first kappa shape index (κ1) is 7.53. The molecule has 0 aromatic carbocycles. The molecule has 0 atom stereocenters. The van der Waals surface area contributed by atoms with E-state index in [1.807, 2.05) is 13.0 Å². The van der Waals surface area contributed by atoms with Crippen LogP contribution < -0.4 is 5.73 Å². The predicted molar refractivity (Wildman–Crippen MR) is 41.6 cm³/mol. The highest BCUT2D eigenvalue weighted by molar-refractivity contribution is 5.89. The summed E-state index contributed by atoms with van der Waals surface area (Å²) < 4.78 is 0. The van der Waals surface area contributed by atoms with Crippen molar-refractivity contribution >= 4 is 12.0 Å². The molecule has 0 aliphatic rings. The van der Waals surface area contributed by atoms with Gasteiger partial charge in [-0.05, 0) is 19.1 Å². The molecule has 1 aromatic rings. The second-order valence-corrected chi connectivity index (χ2v) is 2.21. The second-order valence-electron chi connectivity index (χ2n) is 2.21. The molecule has 0 fully saturated rings. The lowest BCUT2D eigenvalue weighted by Crippen LogP contribution is -2.05. The molecule has 0 saturated carbocycles. The van der Waals surface area contributed by atoms with Gasteiger partial charge in [0.2, 0.25) is 5.91 Å². The fourth-order valence-electron chi connectivity index (χ4n) is 0.692. The van der Waals surface area contributed by atoms with Crippen molar-refractivity contribution in [2.75, 3.05) is 0 Å². The number of hydrogen-bond donors (Lipinski definition) is 2. The zero-order valence-electron chi connectivity index (χ0n) is 6.16. The molecule has 0 saturated heterocycles. The first-order valence-corrected chi connectivity index (χ1v) is 3.18. The van der Waals surface area contributed by atoms with E-state index in [1.165, 1.54) is 6.08 Å². The lowest BCUT2D eigenvalue weighted by atomic mass is 10.3. The standard InChI is InChI=1S/C7H9N3O/c1-5-4-6(10-9-5)2-3-7(8)11/h2-4H,1H3,(H2,8,11)(H,9,10)/b3-2-. The molecule has 4 heteroatoms. The van der Waals surface area contributed by atoms with E-state index in [1.54, 1.807) is 6.08 Å². The summed E-state index contributed by atoms with van der Waals surface area (Å²) in [6.45, 7) is 1.88. The van der Waals surface area contributed by atoms with Crippen molar-refractivity contribution in [1.29, 1.82) is 0 Å². The summed E-state index contributed by atoms with van der Waals surface area (Å²) in [4.78, 5) is 10.3. The molecule has 1 amide bonds. The fourth-order valence-corrected chi connectivity index (χ4v) is 0.692. The Labute approximate surface area is 64.1 Å². The first-order valence-electron chi connectivity index (χ1n) is 3.18. The molecular formula is C7H9N3O. The zero-order valence-corrected chi connectivity index (χ0v) is 6.16. The highest BCUT2D eigenvalue weighted by Gasteiger charge is 1.91. The van der Waals surface area contributed by atoms with Crippen LogP contribution in [0.4, 0.5) is 0 Å². The molecule has 0 spiro atoms. The quantitative estimate of drug-likeness (QED) is 0.593. The molecule has 58 valence electrons. The Balaban J connectivity index is 2.71. The average Bonchev–Trinajstić information content (AvgIpc) is 2.31. The third kappa shape index (κ3) is 2.25. The molecule has 11 heavy (non-hydrogen) atoms. The minimum absolute atomic E-state index is 0.467. The lowest BCUT2D eigenvalue weighted by Gasteiger charge is -1.78. The second kappa shape index (κ2) is 3.01. The summed E-state index contributed by atoms with van der Waals surface area (Å²) in [6.07, 6.45) is 2.83. The SMILES string of the molecule is Cc1cc(/C=C\C(N)=O)n[nH]1. The summed E-state index contributed by atoms with van der Waals surface area (Å²) in [6, 6.07) is 1.82. The Hall–Kier alpha value is -1.58. The molecule has 0 bridgehead atoms. The van der Waals surface area contributed by atoms with Gasteiger partial charge in [-0.15, -0.1) is 0 Å². The summed E-state index contributed by atoms with van der Waals surface area (Å²) >= 11 is 0. The van der Waals surface area contributed by atoms with Crippen LogP contribution in [-0.4, -0.2) is 16.1 Å². The van der Waals surface area contributed by atoms with Gasteiger partial charge in [-0.2, -0.15) is 5.10 Å². The highest BCUT2D eigenvalue weighted by atomic mass is 16.1. The first-order chi connectivity index (χ1) is 5.18. The molecule has 1 aromatic heterocycles. The van der Waals surface area contributed by atoms with Crippen molar-refractivity contribution in [3.05, 3.63) is 23.5 Å². The van der Waals surface area contributed by atoms with Crippen LogP contribution in [-0.2, 0) is 4.79 Å². The van der Waals surface area contributed by atoms with Gasteiger partial charge in [0, 0.05) is 11.8 Å². The number of carbonyl (C=O) groups excluding carboxylic acids is 1. The monoisotopic (exact) mass is 151 g/mol. The largest absolute Gasteiger partial charge is 0.366 e. The maximum Gasteiger partial charge on any atom is 0.241 e. The van der Waals surface area contributed by atoms with Gasteiger partial charge in [0.15, 0.2) is 0 Å². The van der Waals surface area contributed by atoms with Crippen molar-refractivity contribution in [1.82, 2.24) is 10.2 Å². The highest BCUT2D eigenvalue weighted by Crippen LogP contribution is 1.98. The van der Waals surface area contributed by atoms with Gasteiger partial charge in [0.1, 0.15) is 0 Å². The van der Waals surface area contributed by atoms with Crippen LogP contribution in [0.2, 0.25) is 0 Å². The number of amides is 1. The number of nitrogens with zero attached hydrogens (tertiary/aromatic N) is 1. The molecule has 1 rings (SSSR count). The maximum absolute atomic E-state index is 10.3. The van der Waals surface area contributed by atoms with Crippen LogP contribution in [0.1, 0.15) is 11.4 Å². The summed E-state index contributed by atoms with van der Waals surface area (Å²) in [5.41, 5.74) is 6.55. The molecule has 1 heterocycles. The van der Waals surface area contributed by atoms with Crippen molar-refractivity contribution < 1.29 is 4.79 Å². The van der Waals surface area contributed by atoms with Crippen LogP contribution in [0.3, 0.4) is 0 Å². The number of nitrogens with two attached hydrogens (primary N) is 1. The Bertz CT molecular complexity index is 288. The number of rotatable bonds is 2. The number of aromatic amines is 1. The minimum atomic E-state index is -0.467. The van der Waals surface area contributed by atoms with Gasteiger partial charge < -0.3 is 5.73 Å². The Kier molecular flexibility index (Phi) is 2.06. The Morgan fingerprint density at radius 2 is 2.55 bits per heavy atom. The van der Waals surface area contributed by atoms with E-state index in [0.29, 0.717) is 5.69 Å². The van der Waals surface area contributed by atoms with E-state index in [-0.39, 0.29) is 0 Å². The van der Waals surface area contributed by atoms with Gasteiger partial charge in [0.25, 0.3) is 0 Å². The van der Waals surface area contributed by atoms with Gasteiger partial charge in [-0.3, -0.25) is 9.89 Å². The number of H-pyrrole nitrogens is 1. The molecule has 0 unspecified atom stereocenters. The molecular weight excluding hydrogens is 142 g/mol. The van der Waals surface area contributed by atoms with Crippen LogP contribution >= 0.6 is 0 Å². The van der Waals surface area contributed by atoms with Crippen molar-refractivity contribution in [3.8, 4) is 0 Å². The number of nitrogens with one attached hydrogen (secondary N) is 1. The fraction of sp³-hybridized carbons (Fsp3) is 0.143. The number of aromatic nitrogens is 2. The van der Waals surface area contributed by atoms with Gasteiger partial charge in [-0.1, -0.05) is 0 Å². The third-order valence-corrected chi connectivity index (χ3v) is 1.14. The topological polar surface area (TPSA) is 71.8 Å². The van der Waals surface area contributed by atoms with Gasteiger partial charge >= 0.3 is 0 Å². The summed E-state index contributed by atoms with van der Waals surface area (Å²) in [7, 11) is 0. The Morgan fingerprint density at radius 1 is 1.82 bits per heavy atom. The predicted octanol–water partition coefficient (Wildman–Crippen LogP) is 0.217. The number of aryl methyl sites for hydroxylation is 1. The molecule has 3 N–H and O–H groups in total. The number of carbonyl (C=O) groups is 1. The van der Waals surface area contributed by atoms with E-state index < -0.39 is 5.91 Å². The smallest absolute Gasteiger partial charge is 0.241 e. The maximum atomic E-state index is 10.3. The normalized spacial score (nSPS) is 10.6. The third-order valence-electron chi connectivity index (χ3n) is 1.14. The van der Waals surface area contributed by atoms with Crippen molar-refractivity contribution in [2.45, 2.75) is 6.92 Å².